The van der Waals surface area contributed by atoms with E-state index in [0.717, 1.165) is 32.1 Å². The lowest BCUT2D eigenvalue weighted by atomic mass is 10.1. The molecule has 2 aliphatic heterocycles. The fourth-order valence-corrected chi connectivity index (χ4v) is 5.32. The minimum absolute atomic E-state index is 0.0584. The first-order valence-corrected chi connectivity index (χ1v) is 13.7. The molecule has 0 saturated carbocycles. The second kappa shape index (κ2) is 16.1. The van der Waals surface area contributed by atoms with E-state index in [0.29, 0.717) is 32.4 Å². The fraction of sp³-hybridized carbons (Fsp3) is 0.885. The van der Waals surface area contributed by atoms with Crippen LogP contribution in [0.5, 0.6) is 0 Å². The molecule has 0 aromatic heterocycles. The van der Waals surface area contributed by atoms with Gasteiger partial charge in [-0.3, -0.25) is 14.4 Å². The Balaban J connectivity index is 1.82. The van der Waals surface area contributed by atoms with Gasteiger partial charge >= 0.3 is 0 Å². The Hall–Kier alpha value is -1.67. The molecule has 0 aliphatic carbocycles. The van der Waals surface area contributed by atoms with E-state index in [-0.39, 0.29) is 44.0 Å². The van der Waals surface area contributed by atoms with Crippen LogP contribution in [0.1, 0.15) is 96.8 Å². The summed E-state index contributed by atoms with van der Waals surface area (Å²) in [5, 5.41) is 18.5. The van der Waals surface area contributed by atoms with Crippen LogP contribution >= 0.6 is 0 Å². The van der Waals surface area contributed by atoms with Gasteiger partial charge < -0.3 is 24.9 Å². The van der Waals surface area contributed by atoms with Gasteiger partial charge in [0.15, 0.2) is 0 Å². The average molecular weight is 482 g/mol. The monoisotopic (exact) mass is 481 g/mol. The molecule has 2 saturated heterocycles. The molecular weight excluding hydrogens is 434 g/mol. The summed E-state index contributed by atoms with van der Waals surface area (Å²) in [7, 11) is 0. The van der Waals surface area contributed by atoms with Crippen molar-refractivity contribution in [1.82, 2.24) is 14.7 Å². The lowest BCUT2D eigenvalue weighted by Gasteiger charge is -2.33. The zero-order valence-electron chi connectivity index (χ0n) is 21.3. The summed E-state index contributed by atoms with van der Waals surface area (Å²) in [6.45, 7) is 3.27. The van der Waals surface area contributed by atoms with E-state index in [2.05, 4.69) is 6.92 Å². The Kier molecular flexibility index (Phi) is 13.5. The molecule has 8 nitrogen and oxygen atoms in total. The number of amides is 3. The van der Waals surface area contributed by atoms with Gasteiger partial charge in [0.1, 0.15) is 12.1 Å². The molecule has 2 rings (SSSR count). The number of carbonyl (C=O) groups is 3. The molecule has 0 radical (unpaired) electrons. The van der Waals surface area contributed by atoms with E-state index >= 15 is 0 Å². The molecule has 2 atom stereocenters. The van der Waals surface area contributed by atoms with E-state index < -0.39 is 12.1 Å². The van der Waals surface area contributed by atoms with Crippen LogP contribution in [-0.4, -0.2) is 94.1 Å². The highest BCUT2D eigenvalue weighted by atomic mass is 16.3. The number of carbonyl (C=O) groups excluding carboxylic acids is 3. The van der Waals surface area contributed by atoms with Crippen molar-refractivity contribution in [2.24, 2.45) is 0 Å². The maximum Gasteiger partial charge on any atom is 0.246 e. The molecule has 196 valence electrons. The number of nitrogens with zero attached hydrogens (tertiary/aromatic N) is 3. The van der Waals surface area contributed by atoms with Gasteiger partial charge in [0.05, 0.1) is 13.2 Å². The normalized spacial score (nSPS) is 20.2. The third kappa shape index (κ3) is 8.52. The van der Waals surface area contributed by atoms with Crippen molar-refractivity contribution in [2.45, 2.75) is 109 Å². The number of unbranched alkanes of at least 4 members (excludes halogenated alkanes) is 8. The number of aliphatic hydroxyl groups is 2. The van der Waals surface area contributed by atoms with Gasteiger partial charge in [-0.05, 0) is 32.1 Å². The van der Waals surface area contributed by atoms with Crippen LogP contribution in [0.15, 0.2) is 0 Å². The van der Waals surface area contributed by atoms with Gasteiger partial charge in [-0.15, -0.1) is 0 Å². The van der Waals surface area contributed by atoms with Crippen molar-refractivity contribution in [1.29, 1.82) is 0 Å². The molecule has 3 amide bonds. The van der Waals surface area contributed by atoms with Crippen molar-refractivity contribution in [3.05, 3.63) is 0 Å². The van der Waals surface area contributed by atoms with Gasteiger partial charge in [0.25, 0.3) is 0 Å². The van der Waals surface area contributed by atoms with Gasteiger partial charge in [-0.25, -0.2) is 0 Å². The molecule has 0 bridgehead atoms. The van der Waals surface area contributed by atoms with Crippen LogP contribution in [0.3, 0.4) is 0 Å². The number of hydrogen-bond donors (Lipinski definition) is 2. The van der Waals surface area contributed by atoms with Crippen LogP contribution < -0.4 is 0 Å². The molecule has 8 heteroatoms. The summed E-state index contributed by atoms with van der Waals surface area (Å²) in [4.78, 5) is 44.1. The summed E-state index contributed by atoms with van der Waals surface area (Å²) < 4.78 is 0. The second-order valence-corrected chi connectivity index (χ2v) is 9.79. The van der Waals surface area contributed by atoms with Gasteiger partial charge in [0, 0.05) is 32.6 Å². The fourth-order valence-electron chi connectivity index (χ4n) is 5.32. The number of aliphatic hydroxyl groups excluding tert-OH is 2. The van der Waals surface area contributed by atoms with Crippen molar-refractivity contribution >= 4 is 17.7 Å². The second-order valence-electron chi connectivity index (χ2n) is 9.79. The molecule has 2 heterocycles. The summed E-state index contributed by atoms with van der Waals surface area (Å²) in [6.07, 6.45) is 14.1. The van der Waals surface area contributed by atoms with Crippen molar-refractivity contribution in [3.63, 3.8) is 0 Å². The standard InChI is InChI=1S/C26H47N3O5/c1-2-3-4-5-6-7-8-9-10-15-24(32)28-16-11-14-23(28)26(34)29-17-12-13-22(29)25(33)27(18-20-30)19-21-31/h22-23,30-31H,2-21H2,1H3/t22-,23-/m0/s1. The minimum Gasteiger partial charge on any atom is -0.395 e. The zero-order valence-corrected chi connectivity index (χ0v) is 21.3. The first-order valence-electron chi connectivity index (χ1n) is 13.7. The third-order valence-electron chi connectivity index (χ3n) is 7.22. The summed E-state index contributed by atoms with van der Waals surface area (Å²) in [6, 6.07) is -1.04. The molecule has 2 N–H and O–H groups in total. The Labute approximate surface area is 205 Å². The summed E-state index contributed by atoms with van der Waals surface area (Å²) in [5.41, 5.74) is 0. The maximum absolute atomic E-state index is 13.4. The number of rotatable bonds is 16. The number of likely N-dealkylation sites (tertiary alicyclic amines) is 2. The van der Waals surface area contributed by atoms with E-state index in [4.69, 9.17) is 0 Å². The first kappa shape index (κ1) is 28.6. The zero-order chi connectivity index (χ0) is 24.8. The maximum atomic E-state index is 13.4. The predicted octanol–water partition coefficient (Wildman–Crippen LogP) is 2.70. The Bertz CT molecular complexity index is 624. The third-order valence-corrected chi connectivity index (χ3v) is 7.22. The van der Waals surface area contributed by atoms with Crippen LogP contribution in [0.25, 0.3) is 0 Å². The Morgan fingerprint density at radius 3 is 1.88 bits per heavy atom. The highest BCUT2D eigenvalue weighted by Gasteiger charge is 2.42. The molecule has 2 aliphatic rings. The molecule has 0 aromatic carbocycles. The van der Waals surface area contributed by atoms with Crippen LogP contribution in [0.4, 0.5) is 0 Å². The predicted molar refractivity (Wildman–Crippen MR) is 132 cm³/mol. The van der Waals surface area contributed by atoms with Crippen molar-refractivity contribution in [3.8, 4) is 0 Å². The highest BCUT2D eigenvalue weighted by molar-refractivity contribution is 5.93. The van der Waals surface area contributed by atoms with Crippen LogP contribution in [0.2, 0.25) is 0 Å². The van der Waals surface area contributed by atoms with Gasteiger partial charge in [-0.2, -0.15) is 0 Å². The van der Waals surface area contributed by atoms with E-state index in [1.807, 2.05) is 0 Å². The summed E-state index contributed by atoms with van der Waals surface area (Å²) in [5.74, 6) is -0.288. The molecule has 2 fully saturated rings. The SMILES string of the molecule is CCCCCCCCCCCC(=O)N1CCC[C@H]1C(=O)N1CCC[C@H]1C(=O)N(CCO)CCO. The van der Waals surface area contributed by atoms with Gasteiger partial charge in [0.2, 0.25) is 17.7 Å². The van der Waals surface area contributed by atoms with Crippen LogP contribution in [-0.2, 0) is 14.4 Å². The first-order chi connectivity index (χ1) is 16.5. The summed E-state index contributed by atoms with van der Waals surface area (Å²) >= 11 is 0. The Morgan fingerprint density at radius 2 is 1.29 bits per heavy atom. The topological polar surface area (TPSA) is 101 Å². The van der Waals surface area contributed by atoms with Gasteiger partial charge in [-0.1, -0.05) is 58.3 Å². The van der Waals surface area contributed by atoms with Crippen molar-refractivity contribution in [2.75, 3.05) is 39.4 Å². The lowest BCUT2D eigenvalue weighted by Crippen LogP contribution is -2.54. The molecular formula is C26H47N3O5. The smallest absolute Gasteiger partial charge is 0.246 e. The molecule has 0 unspecified atom stereocenters. The largest absolute Gasteiger partial charge is 0.395 e. The molecule has 34 heavy (non-hydrogen) atoms. The average Bonchev–Trinajstić information content (AvgIpc) is 3.52. The van der Waals surface area contributed by atoms with E-state index in [9.17, 15) is 24.6 Å². The molecule has 0 aromatic rings. The minimum atomic E-state index is -0.569. The lowest BCUT2D eigenvalue weighted by molar-refractivity contribution is -0.149. The van der Waals surface area contributed by atoms with Crippen molar-refractivity contribution < 1.29 is 24.6 Å². The van der Waals surface area contributed by atoms with Crippen LogP contribution in [0, 0.1) is 0 Å². The highest BCUT2D eigenvalue weighted by Crippen LogP contribution is 2.26. The van der Waals surface area contributed by atoms with E-state index in [1.54, 1.807) is 9.80 Å². The number of hydrogen-bond acceptors (Lipinski definition) is 5. The Morgan fingerprint density at radius 1 is 0.765 bits per heavy atom. The van der Waals surface area contributed by atoms with E-state index in [1.165, 1.54) is 43.4 Å². The quantitative estimate of drug-likeness (QED) is 0.330. The molecule has 0 spiro atoms.